The van der Waals surface area contributed by atoms with E-state index in [2.05, 4.69) is 15.0 Å². The third-order valence-electron chi connectivity index (χ3n) is 4.76. The molecule has 1 N–H and O–H groups in total. The molecule has 0 atom stereocenters. The van der Waals surface area contributed by atoms with Crippen molar-refractivity contribution in [2.45, 2.75) is 46.2 Å². The van der Waals surface area contributed by atoms with Gasteiger partial charge in [-0.25, -0.2) is 9.97 Å². The van der Waals surface area contributed by atoms with E-state index in [9.17, 15) is 13.6 Å². The standard InChI is InChI=1S/C20H25F2N5O2/c1-4-6-13(7-9-26(3)20(21)22)18-25-14(5-2)17(29-18)19(28)27-10-8-15-16(11-27)24-12-23-15/h6-7,9,12,20H,4-5,8,10-11H2,1-3H3,(H,23,24)/b9-7-,13-6+. The Morgan fingerprint density at radius 2 is 2.24 bits per heavy atom. The van der Waals surface area contributed by atoms with Crippen molar-refractivity contribution in [2.24, 2.45) is 0 Å². The van der Waals surface area contributed by atoms with Crippen LogP contribution < -0.4 is 0 Å². The molecule has 0 aliphatic carbocycles. The number of rotatable bonds is 7. The van der Waals surface area contributed by atoms with Crippen molar-refractivity contribution in [1.82, 2.24) is 24.8 Å². The third kappa shape index (κ3) is 4.55. The molecule has 3 heterocycles. The number of oxazole rings is 1. The van der Waals surface area contributed by atoms with Crippen LogP contribution >= 0.6 is 0 Å². The number of aromatic nitrogens is 3. The maximum Gasteiger partial charge on any atom is 0.314 e. The number of alkyl halides is 2. The van der Waals surface area contributed by atoms with Crippen molar-refractivity contribution in [3.05, 3.63) is 53.4 Å². The highest BCUT2D eigenvalue weighted by Gasteiger charge is 2.28. The molecule has 0 saturated heterocycles. The fourth-order valence-electron chi connectivity index (χ4n) is 3.12. The zero-order valence-electron chi connectivity index (χ0n) is 16.8. The molecule has 29 heavy (non-hydrogen) atoms. The molecular weight excluding hydrogens is 380 g/mol. The van der Waals surface area contributed by atoms with Gasteiger partial charge in [0.15, 0.2) is 0 Å². The minimum absolute atomic E-state index is 0.197. The maximum atomic E-state index is 13.1. The first-order chi connectivity index (χ1) is 13.9. The van der Waals surface area contributed by atoms with Gasteiger partial charge in [-0.1, -0.05) is 19.9 Å². The second-order valence-corrected chi connectivity index (χ2v) is 6.78. The Hall–Kier alpha value is -2.97. The number of H-pyrrole nitrogens is 1. The molecule has 1 aliphatic rings. The van der Waals surface area contributed by atoms with Crippen LogP contribution in [0.1, 0.15) is 53.8 Å². The van der Waals surface area contributed by atoms with E-state index < -0.39 is 6.55 Å². The summed E-state index contributed by atoms with van der Waals surface area (Å²) in [4.78, 5) is 27.3. The normalized spacial score (nSPS) is 14.7. The minimum atomic E-state index is -2.60. The molecule has 1 aliphatic heterocycles. The summed E-state index contributed by atoms with van der Waals surface area (Å²) >= 11 is 0. The highest BCUT2D eigenvalue weighted by molar-refractivity contribution is 5.93. The van der Waals surface area contributed by atoms with Gasteiger partial charge in [-0.3, -0.25) is 4.79 Å². The number of imidazole rings is 1. The van der Waals surface area contributed by atoms with Crippen LogP contribution in [0.2, 0.25) is 0 Å². The van der Waals surface area contributed by atoms with Gasteiger partial charge in [-0.2, -0.15) is 8.78 Å². The topological polar surface area (TPSA) is 78.3 Å². The van der Waals surface area contributed by atoms with Crippen molar-refractivity contribution in [3.8, 4) is 0 Å². The first-order valence-corrected chi connectivity index (χ1v) is 9.63. The van der Waals surface area contributed by atoms with Crippen molar-refractivity contribution >= 4 is 11.5 Å². The van der Waals surface area contributed by atoms with Crippen molar-refractivity contribution < 1.29 is 18.0 Å². The Balaban J connectivity index is 1.86. The molecule has 2 aromatic rings. The van der Waals surface area contributed by atoms with E-state index in [0.717, 1.165) is 16.3 Å². The number of aromatic amines is 1. The van der Waals surface area contributed by atoms with Gasteiger partial charge in [0.2, 0.25) is 11.7 Å². The predicted molar refractivity (Wildman–Crippen MR) is 104 cm³/mol. The van der Waals surface area contributed by atoms with Gasteiger partial charge in [0.05, 0.1) is 30.0 Å². The molecule has 0 fully saturated rings. The van der Waals surface area contributed by atoms with Gasteiger partial charge in [-0.15, -0.1) is 0 Å². The number of nitrogens with one attached hydrogen (secondary N) is 1. The van der Waals surface area contributed by atoms with Crippen molar-refractivity contribution in [2.75, 3.05) is 13.6 Å². The Bertz CT molecular complexity index is 916. The van der Waals surface area contributed by atoms with E-state index in [1.165, 1.54) is 19.3 Å². The van der Waals surface area contributed by atoms with Gasteiger partial charge in [-0.05, 0) is 18.9 Å². The molecule has 2 aromatic heterocycles. The maximum absolute atomic E-state index is 13.1. The summed E-state index contributed by atoms with van der Waals surface area (Å²) in [7, 11) is 1.28. The summed E-state index contributed by atoms with van der Waals surface area (Å²) in [5.74, 6) is 0.221. The number of allylic oxidation sites excluding steroid dienone is 3. The van der Waals surface area contributed by atoms with Crippen LogP contribution in [0.5, 0.6) is 0 Å². The Kier molecular flexibility index (Phi) is 6.46. The fraction of sp³-hybridized carbons (Fsp3) is 0.450. The minimum Gasteiger partial charge on any atom is -0.431 e. The van der Waals surface area contributed by atoms with E-state index >= 15 is 0 Å². The van der Waals surface area contributed by atoms with Crippen LogP contribution in [0.3, 0.4) is 0 Å². The number of hydrogen-bond donors (Lipinski definition) is 1. The summed E-state index contributed by atoms with van der Waals surface area (Å²) in [6.07, 6.45) is 8.12. The van der Waals surface area contributed by atoms with E-state index in [-0.39, 0.29) is 17.6 Å². The van der Waals surface area contributed by atoms with Gasteiger partial charge in [0.1, 0.15) is 0 Å². The molecule has 0 radical (unpaired) electrons. The van der Waals surface area contributed by atoms with Crippen LogP contribution in [0.4, 0.5) is 8.78 Å². The monoisotopic (exact) mass is 405 g/mol. The SMILES string of the molecule is CC/C=C(\C=C/N(C)C(F)F)c1nc(CC)c(C(=O)N2CCc3nc[nH]c3C2)o1. The van der Waals surface area contributed by atoms with Crippen LogP contribution in [-0.4, -0.2) is 50.8 Å². The highest BCUT2D eigenvalue weighted by Crippen LogP contribution is 2.24. The second-order valence-electron chi connectivity index (χ2n) is 6.78. The molecule has 0 saturated carbocycles. The second kappa shape index (κ2) is 9.02. The fourth-order valence-corrected chi connectivity index (χ4v) is 3.12. The van der Waals surface area contributed by atoms with Crippen LogP contribution in [0.15, 0.2) is 29.1 Å². The number of carbonyl (C=O) groups excluding carboxylic acids is 1. The number of nitrogens with zero attached hydrogens (tertiary/aromatic N) is 4. The molecule has 1 amide bonds. The predicted octanol–water partition coefficient (Wildman–Crippen LogP) is 3.62. The zero-order chi connectivity index (χ0) is 21.0. The number of aryl methyl sites for hydroxylation is 1. The van der Waals surface area contributed by atoms with Crippen LogP contribution in [-0.2, 0) is 19.4 Å². The quantitative estimate of drug-likeness (QED) is 0.562. The number of carbonyl (C=O) groups is 1. The number of halogens is 2. The lowest BCUT2D eigenvalue weighted by Crippen LogP contribution is -2.36. The van der Waals surface area contributed by atoms with Crippen molar-refractivity contribution in [3.63, 3.8) is 0 Å². The van der Waals surface area contributed by atoms with E-state index in [0.29, 0.717) is 43.6 Å². The Labute approximate surface area is 168 Å². The zero-order valence-corrected chi connectivity index (χ0v) is 16.8. The van der Waals surface area contributed by atoms with Crippen LogP contribution in [0.25, 0.3) is 5.57 Å². The summed E-state index contributed by atoms with van der Waals surface area (Å²) in [6.45, 7) is 2.20. The summed E-state index contributed by atoms with van der Waals surface area (Å²) < 4.78 is 31.3. The smallest absolute Gasteiger partial charge is 0.314 e. The molecule has 0 spiro atoms. The number of hydrogen-bond acceptors (Lipinski definition) is 5. The van der Waals surface area contributed by atoms with Crippen LogP contribution in [0, 0.1) is 0 Å². The molecule has 0 unspecified atom stereocenters. The molecule has 0 aromatic carbocycles. The Morgan fingerprint density at radius 3 is 2.93 bits per heavy atom. The van der Waals surface area contributed by atoms with E-state index in [4.69, 9.17) is 4.42 Å². The van der Waals surface area contributed by atoms with E-state index in [1.807, 2.05) is 19.9 Å². The first-order valence-electron chi connectivity index (χ1n) is 9.63. The molecule has 7 nitrogen and oxygen atoms in total. The lowest BCUT2D eigenvalue weighted by Gasteiger charge is -2.25. The summed E-state index contributed by atoms with van der Waals surface area (Å²) in [5, 5.41) is 0. The number of fused-ring (bicyclic) bond motifs is 1. The average molecular weight is 405 g/mol. The lowest BCUT2D eigenvalue weighted by atomic mass is 10.1. The van der Waals surface area contributed by atoms with Gasteiger partial charge < -0.3 is 19.2 Å². The lowest BCUT2D eigenvalue weighted by molar-refractivity contribution is 0.0228. The molecular formula is C20H25F2N5O2. The molecule has 3 rings (SSSR count). The van der Waals surface area contributed by atoms with Gasteiger partial charge >= 0.3 is 6.55 Å². The third-order valence-corrected chi connectivity index (χ3v) is 4.76. The van der Waals surface area contributed by atoms with Crippen molar-refractivity contribution in [1.29, 1.82) is 0 Å². The molecule has 0 bridgehead atoms. The highest BCUT2D eigenvalue weighted by atomic mass is 19.3. The summed E-state index contributed by atoms with van der Waals surface area (Å²) in [6, 6.07) is 0. The summed E-state index contributed by atoms with van der Waals surface area (Å²) in [5.41, 5.74) is 3.01. The molecule has 156 valence electrons. The van der Waals surface area contributed by atoms with Gasteiger partial charge in [0, 0.05) is 31.8 Å². The molecule has 9 heteroatoms. The average Bonchev–Trinajstić information content (AvgIpc) is 3.36. The largest absolute Gasteiger partial charge is 0.431 e. The van der Waals surface area contributed by atoms with Gasteiger partial charge in [0.25, 0.3) is 5.91 Å². The number of amides is 1. The van der Waals surface area contributed by atoms with E-state index in [1.54, 1.807) is 11.2 Å². The Morgan fingerprint density at radius 1 is 1.45 bits per heavy atom. The first kappa shape index (κ1) is 20.8.